The van der Waals surface area contributed by atoms with Gasteiger partial charge in [0.05, 0.1) is 6.04 Å². The summed E-state index contributed by atoms with van der Waals surface area (Å²) < 4.78 is 5.20. The number of hydrogen-bond donors (Lipinski definition) is 2. The van der Waals surface area contributed by atoms with Crippen LogP contribution in [0.25, 0.3) is 0 Å². The van der Waals surface area contributed by atoms with Crippen molar-refractivity contribution in [3.05, 3.63) is 29.3 Å². The second-order valence-electron chi connectivity index (χ2n) is 4.21. The molecule has 0 aliphatic carbocycles. The highest BCUT2D eigenvalue weighted by Gasteiger charge is 2.19. The van der Waals surface area contributed by atoms with Crippen molar-refractivity contribution in [3.8, 4) is 5.75 Å². The Hall–Kier alpha value is -1.55. The molecule has 0 aromatic heterocycles. The molecule has 4 heteroatoms. The van der Waals surface area contributed by atoms with E-state index in [4.69, 9.17) is 4.74 Å². The summed E-state index contributed by atoms with van der Waals surface area (Å²) in [5, 5.41) is 5.86. The van der Waals surface area contributed by atoms with E-state index >= 15 is 0 Å². The van der Waals surface area contributed by atoms with Crippen molar-refractivity contribution in [3.63, 3.8) is 0 Å². The average molecular weight is 220 g/mol. The van der Waals surface area contributed by atoms with Gasteiger partial charge in [-0.2, -0.15) is 0 Å². The van der Waals surface area contributed by atoms with Gasteiger partial charge in [0.15, 0.2) is 0 Å². The summed E-state index contributed by atoms with van der Waals surface area (Å²) in [5.74, 6) is 0.599. The van der Waals surface area contributed by atoms with Gasteiger partial charge in [0, 0.05) is 13.1 Å². The van der Waals surface area contributed by atoms with Gasteiger partial charge in [0.1, 0.15) is 5.75 Å². The first-order valence-corrected chi connectivity index (χ1v) is 5.41. The Morgan fingerprint density at radius 2 is 1.94 bits per heavy atom. The first kappa shape index (κ1) is 11.0. The van der Waals surface area contributed by atoms with E-state index in [9.17, 15) is 4.79 Å². The lowest BCUT2D eigenvalue weighted by molar-refractivity contribution is 0.190. The molecule has 0 atom stereocenters. The van der Waals surface area contributed by atoms with Crippen LogP contribution in [-0.2, 0) is 0 Å². The molecule has 0 bridgehead atoms. The first-order chi connectivity index (χ1) is 7.63. The van der Waals surface area contributed by atoms with E-state index in [0.29, 0.717) is 5.75 Å². The van der Waals surface area contributed by atoms with Crippen molar-refractivity contribution < 1.29 is 9.53 Å². The van der Waals surface area contributed by atoms with E-state index in [1.165, 1.54) is 0 Å². The molecule has 1 amide bonds. The highest BCUT2D eigenvalue weighted by atomic mass is 16.6. The molecule has 1 aromatic rings. The molecule has 86 valence electrons. The zero-order chi connectivity index (χ0) is 11.5. The molecule has 16 heavy (non-hydrogen) atoms. The number of carbonyl (C=O) groups is 1. The van der Waals surface area contributed by atoms with Crippen LogP contribution in [0.4, 0.5) is 4.79 Å². The summed E-state index contributed by atoms with van der Waals surface area (Å²) in [6.45, 7) is 5.60. The van der Waals surface area contributed by atoms with Crippen LogP contribution in [0, 0.1) is 13.8 Å². The van der Waals surface area contributed by atoms with Crippen molar-refractivity contribution in [2.75, 3.05) is 13.1 Å². The second-order valence-corrected chi connectivity index (χ2v) is 4.21. The lowest BCUT2D eigenvalue weighted by Crippen LogP contribution is -2.57. The summed E-state index contributed by atoms with van der Waals surface area (Å²) in [7, 11) is 0. The molecular weight excluding hydrogens is 204 g/mol. The third-order valence-corrected chi connectivity index (χ3v) is 2.51. The Morgan fingerprint density at radius 1 is 1.31 bits per heavy atom. The number of nitrogens with one attached hydrogen (secondary N) is 2. The molecule has 0 unspecified atom stereocenters. The maximum Gasteiger partial charge on any atom is 0.412 e. The monoisotopic (exact) mass is 220 g/mol. The van der Waals surface area contributed by atoms with Crippen LogP contribution in [-0.4, -0.2) is 25.2 Å². The van der Waals surface area contributed by atoms with E-state index < -0.39 is 0 Å². The van der Waals surface area contributed by atoms with Crippen LogP contribution in [0.5, 0.6) is 5.75 Å². The molecular formula is C12H16N2O2. The van der Waals surface area contributed by atoms with E-state index in [0.717, 1.165) is 24.2 Å². The topological polar surface area (TPSA) is 50.4 Å². The standard InChI is InChI=1S/C12H16N2O2/c1-8-3-9(2)5-11(4-8)16-12(15)14-10-6-13-7-10/h3-5,10,13H,6-7H2,1-2H3,(H,14,15). The number of benzene rings is 1. The Bertz CT molecular complexity index is 380. The summed E-state index contributed by atoms with van der Waals surface area (Å²) in [6.07, 6.45) is -0.378. The third-order valence-electron chi connectivity index (χ3n) is 2.51. The molecule has 1 aliphatic heterocycles. The molecule has 2 rings (SSSR count). The smallest absolute Gasteiger partial charge is 0.410 e. The summed E-state index contributed by atoms with van der Waals surface area (Å²) in [5.41, 5.74) is 2.18. The molecule has 2 N–H and O–H groups in total. The fraction of sp³-hybridized carbons (Fsp3) is 0.417. The second kappa shape index (κ2) is 4.53. The molecule has 1 aliphatic rings. The van der Waals surface area contributed by atoms with Crippen molar-refractivity contribution in [1.82, 2.24) is 10.6 Å². The summed E-state index contributed by atoms with van der Waals surface area (Å²) in [4.78, 5) is 11.5. The normalized spacial score (nSPS) is 15.4. The maximum atomic E-state index is 11.5. The van der Waals surface area contributed by atoms with E-state index in [2.05, 4.69) is 10.6 Å². The largest absolute Gasteiger partial charge is 0.412 e. The van der Waals surface area contributed by atoms with Gasteiger partial charge < -0.3 is 15.4 Å². The van der Waals surface area contributed by atoms with E-state index in [1.54, 1.807) is 0 Å². The third kappa shape index (κ3) is 2.73. The molecule has 4 nitrogen and oxygen atoms in total. The number of ether oxygens (including phenoxy) is 1. The Morgan fingerprint density at radius 3 is 2.44 bits per heavy atom. The van der Waals surface area contributed by atoms with Gasteiger partial charge >= 0.3 is 6.09 Å². The molecule has 1 heterocycles. The first-order valence-electron chi connectivity index (χ1n) is 5.41. The number of aryl methyl sites for hydroxylation is 2. The predicted molar refractivity (Wildman–Crippen MR) is 61.7 cm³/mol. The zero-order valence-electron chi connectivity index (χ0n) is 9.54. The van der Waals surface area contributed by atoms with Gasteiger partial charge in [-0.1, -0.05) is 6.07 Å². The van der Waals surface area contributed by atoms with Gasteiger partial charge in [-0.3, -0.25) is 0 Å². The minimum absolute atomic E-state index is 0.207. The lowest BCUT2D eigenvalue weighted by atomic mass is 10.1. The number of hydrogen-bond acceptors (Lipinski definition) is 3. The van der Waals surface area contributed by atoms with Crippen molar-refractivity contribution >= 4 is 6.09 Å². The molecule has 0 radical (unpaired) electrons. The fourth-order valence-corrected chi connectivity index (χ4v) is 1.69. The van der Waals surface area contributed by atoms with E-state index in [1.807, 2.05) is 32.0 Å². The predicted octanol–water partition coefficient (Wildman–Crippen LogP) is 1.36. The van der Waals surface area contributed by atoms with Crippen LogP contribution in [0.2, 0.25) is 0 Å². The quantitative estimate of drug-likeness (QED) is 0.791. The summed E-state index contributed by atoms with van der Waals surface area (Å²) in [6, 6.07) is 5.95. The van der Waals surface area contributed by atoms with Crippen molar-refractivity contribution in [2.24, 2.45) is 0 Å². The molecule has 0 saturated carbocycles. The average Bonchev–Trinajstić information content (AvgIpc) is 2.09. The number of carbonyl (C=O) groups excluding carboxylic acids is 1. The molecule has 0 spiro atoms. The van der Waals surface area contributed by atoms with Crippen LogP contribution in [0.15, 0.2) is 18.2 Å². The minimum atomic E-state index is -0.378. The SMILES string of the molecule is Cc1cc(C)cc(OC(=O)NC2CNC2)c1. The molecule has 1 aromatic carbocycles. The van der Waals surface area contributed by atoms with E-state index in [-0.39, 0.29) is 12.1 Å². The van der Waals surface area contributed by atoms with Gasteiger partial charge in [0.2, 0.25) is 0 Å². The number of amides is 1. The van der Waals surface area contributed by atoms with Crippen LogP contribution in [0.1, 0.15) is 11.1 Å². The summed E-state index contributed by atoms with van der Waals surface area (Å²) >= 11 is 0. The Kier molecular flexibility index (Phi) is 3.10. The van der Waals surface area contributed by atoms with Gasteiger partial charge in [0.25, 0.3) is 0 Å². The molecule has 1 saturated heterocycles. The Balaban J connectivity index is 1.94. The maximum absolute atomic E-state index is 11.5. The Labute approximate surface area is 95.0 Å². The zero-order valence-corrected chi connectivity index (χ0v) is 9.54. The lowest BCUT2D eigenvalue weighted by Gasteiger charge is -2.27. The van der Waals surface area contributed by atoms with Crippen molar-refractivity contribution in [2.45, 2.75) is 19.9 Å². The van der Waals surface area contributed by atoms with Gasteiger partial charge in [-0.05, 0) is 37.1 Å². The minimum Gasteiger partial charge on any atom is -0.410 e. The van der Waals surface area contributed by atoms with Gasteiger partial charge in [-0.15, -0.1) is 0 Å². The van der Waals surface area contributed by atoms with Crippen LogP contribution >= 0.6 is 0 Å². The highest BCUT2D eigenvalue weighted by molar-refractivity contribution is 5.71. The molecule has 1 fully saturated rings. The van der Waals surface area contributed by atoms with Crippen LogP contribution in [0.3, 0.4) is 0 Å². The van der Waals surface area contributed by atoms with Gasteiger partial charge in [-0.25, -0.2) is 4.79 Å². The van der Waals surface area contributed by atoms with Crippen LogP contribution < -0.4 is 15.4 Å². The fourth-order valence-electron chi connectivity index (χ4n) is 1.69. The number of rotatable bonds is 2. The highest BCUT2D eigenvalue weighted by Crippen LogP contribution is 2.16. The van der Waals surface area contributed by atoms with Crippen molar-refractivity contribution in [1.29, 1.82) is 0 Å².